The van der Waals surface area contributed by atoms with Crippen LogP contribution in [0.25, 0.3) is 0 Å². The van der Waals surface area contributed by atoms with Gasteiger partial charge in [0.1, 0.15) is 11.8 Å². The molecule has 0 aliphatic carbocycles. The predicted octanol–water partition coefficient (Wildman–Crippen LogP) is 5.54. The Balaban J connectivity index is 2.19. The number of ether oxygens (including phenoxy) is 1. The molecule has 0 saturated heterocycles. The Bertz CT molecular complexity index is 910. The van der Waals surface area contributed by atoms with Gasteiger partial charge in [0.15, 0.2) is 6.61 Å². The molecule has 2 rings (SSSR count). The third-order valence-electron chi connectivity index (χ3n) is 5.18. The molecule has 0 radical (unpaired) electrons. The molecule has 5 nitrogen and oxygen atoms in total. The smallest absolute Gasteiger partial charge is 0.261 e. The Morgan fingerprint density at radius 2 is 1.74 bits per heavy atom. The van der Waals surface area contributed by atoms with Crippen molar-refractivity contribution in [3.05, 3.63) is 62.0 Å². The van der Waals surface area contributed by atoms with E-state index in [1.54, 1.807) is 11.8 Å². The van der Waals surface area contributed by atoms with Crippen molar-refractivity contribution in [2.75, 3.05) is 6.61 Å². The molecular weight excluding hydrogens is 524 g/mol. The molecule has 2 amide bonds. The summed E-state index contributed by atoms with van der Waals surface area (Å²) in [5.41, 5.74) is 3.01. The first-order valence-electron chi connectivity index (χ1n) is 10.4. The lowest BCUT2D eigenvalue weighted by atomic mass is 10.1. The monoisotopic (exact) mass is 552 g/mol. The lowest BCUT2D eigenvalue weighted by Crippen LogP contribution is -2.50. The van der Waals surface area contributed by atoms with Crippen LogP contribution < -0.4 is 10.1 Å². The Hall–Kier alpha value is -1.86. The number of benzene rings is 2. The van der Waals surface area contributed by atoms with E-state index in [9.17, 15) is 9.59 Å². The van der Waals surface area contributed by atoms with E-state index in [0.717, 1.165) is 32.1 Å². The van der Waals surface area contributed by atoms with Gasteiger partial charge in [-0.15, -0.1) is 0 Å². The minimum atomic E-state index is -0.627. The minimum absolute atomic E-state index is 0.0442. The Morgan fingerprint density at radius 3 is 2.32 bits per heavy atom. The van der Waals surface area contributed by atoms with Gasteiger partial charge in [0.2, 0.25) is 5.91 Å². The van der Waals surface area contributed by atoms with E-state index in [1.807, 2.05) is 64.1 Å². The summed E-state index contributed by atoms with van der Waals surface area (Å²) in [4.78, 5) is 27.5. The van der Waals surface area contributed by atoms with Crippen LogP contribution in [-0.4, -0.2) is 35.4 Å². The van der Waals surface area contributed by atoms with Crippen LogP contribution in [0.4, 0.5) is 0 Å². The van der Waals surface area contributed by atoms with Gasteiger partial charge in [-0.2, -0.15) is 0 Å². The Kier molecular flexibility index (Phi) is 9.56. The highest BCUT2D eigenvalue weighted by atomic mass is 79.9. The summed E-state index contributed by atoms with van der Waals surface area (Å²) in [6.45, 7) is 9.84. The molecule has 168 valence electrons. The van der Waals surface area contributed by atoms with Crippen LogP contribution in [0.15, 0.2) is 45.3 Å². The molecule has 0 saturated carbocycles. The van der Waals surface area contributed by atoms with Crippen LogP contribution in [0.2, 0.25) is 0 Å². The van der Waals surface area contributed by atoms with Gasteiger partial charge in [-0.25, -0.2) is 0 Å². The van der Waals surface area contributed by atoms with E-state index in [2.05, 4.69) is 37.2 Å². The maximum absolute atomic E-state index is 13.1. The van der Waals surface area contributed by atoms with Crippen molar-refractivity contribution in [3.63, 3.8) is 0 Å². The van der Waals surface area contributed by atoms with Crippen molar-refractivity contribution in [1.29, 1.82) is 0 Å². The maximum atomic E-state index is 13.1. The highest BCUT2D eigenvalue weighted by Crippen LogP contribution is 2.26. The first kappa shape index (κ1) is 25.4. The van der Waals surface area contributed by atoms with Gasteiger partial charge in [-0.3, -0.25) is 9.59 Å². The molecule has 2 aromatic carbocycles. The van der Waals surface area contributed by atoms with Crippen molar-refractivity contribution in [3.8, 4) is 5.75 Å². The summed E-state index contributed by atoms with van der Waals surface area (Å²) >= 11 is 7.01. The van der Waals surface area contributed by atoms with Crippen LogP contribution in [0.1, 0.15) is 43.9 Å². The molecule has 0 aliphatic heterocycles. The zero-order chi connectivity index (χ0) is 23.1. The normalized spacial score (nSPS) is 12.7. The number of nitrogens with one attached hydrogen (secondary N) is 1. The zero-order valence-corrected chi connectivity index (χ0v) is 21.8. The van der Waals surface area contributed by atoms with Gasteiger partial charge in [-0.1, -0.05) is 50.9 Å². The van der Waals surface area contributed by atoms with Crippen LogP contribution in [0.5, 0.6) is 5.75 Å². The second-order valence-corrected chi connectivity index (χ2v) is 9.51. The van der Waals surface area contributed by atoms with Crippen molar-refractivity contribution in [1.82, 2.24) is 10.2 Å². The van der Waals surface area contributed by atoms with Crippen LogP contribution in [-0.2, 0) is 16.1 Å². The van der Waals surface area contributed by atoms with Crippen molar-refractivity contribution >= 4 is 43.7 Å². The average molecular weight is 554 g/mol. The standard InChI is InChI=1S/C24H30Br2N2O3/c1-6-17(4)27-24(30)18(5)28(13-19-8-7-9-20(25)12-19)22(29)14-31-21-10-15(2)23(26)16(3)11-21/h7-12,17-18H,6,13-14H2,1-5H3,(H,27,30). The first-order valence-corrected chi connectivity index (χ1v) is 11.9. The second kappa shape index (κ2) is 11.7. The number of amides is 2. The number of carbonyl (C=O) groups is 2. The SMILES string of the molecule is CCC(C)NC(=O)C(C)N(Cc1cccc(Br)c1)C(=O)COc1cc(C)c(Br)c(C)c1. The number of rotatable bonds is 9. The molecule has 2 unspecified atom stereocenters. The van der Waals surface area contributed by atoms with Gasteiger partial charge >= 0.3 is 0 Å². The number of hydrogen-bond acceptors (Lipinski definition) is 3. The average Bonchev–Trinajstić information content (AvgIpc) is 2.73. The molecule has 0 aliphatic rings. The molecule has 0 bridgehead atoms. The predicted molar refractivity (Wildman–Crippen MR) is 131 cm³/mol. The fraction of sp³-hybridized carbons (Fsp3) is 0.417. The number of halogens is 2. The van der Waals surface area contributed by atoms with Crippen molar-refractivity contribution < 1.29 is 14.3 Å². The summed E-state index contributed by atoms with van der Waals surface area (Å²) in [7, 11) is 0. The summed E-state index contributed by atoms with van der Waals surface area (Å²) < 4.78 is 7.75. The molecule has 0 spiro atoms. The number of aryl methyl sites for hydroxylation is 2. The van der Waals surface area contributed by atoms with Crippen molar-refractivity contribution in [2.24, 2.45) is 0 Å². The molecule has 1 N–H and O–H groups in total. The summed E-state index contributed by atoms with van der Waals surface area (Å²) in [6.07, 6.45) is 0.823. The molecule has 0 heterocycles. The third kappa shape index (κ3) is 7.35. The lowest BCUT2D eigenvalue weighted by molar-refractivity contribution is -0.142. The third-order valence-corrected chi connectivity index (χ3v) is 6.93. The largest absolute Gasteiger partial charge is 0.484 e. The highest BCUT2D eigenvalue weighted by Gasteiger charge is 2.27. The van der Waals surface area contributed by atoms with Gasteiger partial charge in [0, 0.05) is 21.5 Å². The summed E-state index contributed by atoms with van der Waals surface area (Å²) in [5, 5.41) is 2.97. The fourth-order valence-electron chi connectivity index (χ4n) is 3.10. The molecule has 0 fully saturated rings. The van der Waals surface area contributed by atoms with Crippen molar-refractivity contribution in [2.45, 2.75) is 59.7 Å². The first-order chi connectivity index (χ1) is 14.6. The van der Waals surface area contributed by atoms with E-state index < -0.39 is 6.04 Å². The molecule has 7 heteroatoms. The Labute approximate surface area is 201 Å². The van der Waals surface area contributed by atoms with Gasteiger partial charge in [0.25, 0.3) is 5.91 Å². The molecule has 31 heavy (non-hydrogen) atoms. The zero-order valence-electron chi connectivity index (χ0n) is 18.7. The van der Waals surface area contributed by atoms with Crippen LogP contribution >= 0.6 is 31.9 Å². The lowest BCUT2D eigenvalue weighted by Gasteiger charge is -2.29. The molecular formula is C24H30Br2N2O3. The number of nitrogens with zero attached hydrogens (tertiary/aromatic N) is 1. The Morgan fingerprint density at radius 1 is 1.10 bits per heavy atom. The topological polar surface area (TPSA) is 58.6 Å². The summed E-state index contributed by atoms with van der Waals surface area (Å²) in [5.74, 6) is 0.212. The maximum Gasteiger partial charge on any atom is 0.261 e. The molecule has 2 atom stereocenters. The summed E-state index contributed by atoms with van der Waals surface area (Å²) in [6, 6.07) is 10.9. The van der Waals surface area contributed by atoms with Gasteiger partial charge in [-0.05, 0) is 75.1 Å². The van der Waals surface area contributed by atoms with E-state index in [1.165, 1.54) is 0 Å². The number of hydrogen-bond donors (Lipinski definition) is 1. The second-order valence-electron chi connectivity index (χ2n) is 7.81. The molecule has 0 aromatic heterocycles. The fourth-order valence-corrected chi connectivity index (χ4v) is 3.77. The quantitative estimate of drug-likeness (QED) is 0.443. The van der Waals surface area contributed by atoms with E-state index in [0.29, 0.717) is 12.3 Å². The van der Waals surface area contributed by atoms with Crippen LogP contribution in [0.3, 0.4) is 0 Å². The highest BCUT2D eigenvalue weighted by molar-refractivity contribution is 9.10. The van der Waals surface area contributed by atoms with Gasteiger partial charge in [0.05, 0.1) is 0 Å². The van der Waals surface area contributed by atoms with E-state index >= 15 is 0 Å². The van der Waals surface area contributed by atoms with E-state index in [4.69, 9.17) is 4.74 Å². The van der Waals surface area contributed by atoms with Crippen LogP contribution in [0, 0.1) is 13.8 Å². The molecule has 2 aromatic rings. The van der Waals surface area contributed by atoms with Gasteiger partial charge < -0.3 is 15.0 Å². The number of carbonyl (C=O) groups excluding carboxylic acids is 2. The van der Waals surface area contributed by atoms with E-state index in [-0.39, 0.29) is 24.5 Å². The minimum Gasteiger partial charge on any atom is -0.484 e.